The van der Waals surface area contributed by atoms with Crippen LogP contribution in [0.1, 0.15) is 15.9 Å². The molecule has 0 saturated heterocycles. The molecule has 4 nitrogen and oxygen atoms in total. The van der Waals surface area contributed by atoms with Crippen molar-refractivity contribution in [3.05, 3.63) is 46.7 Å². The molecule has 2 rings (SSSR count). The van der Waals surface area contributed by atoms with Gasteiger partial charge in [0.25, 0.3) is 5.91 Å². The molecule has 0 aliphatic heterocycles. The molecule has 0 atom stereocenters. The van der Waals surface area contributed by atoms with Crippen LogP contribution in [0.4, 0.5) is 0 Å². The van der Waals surface area contributed by atoms with Gasteiger partial charge in [-0.3, -0.25) is 9.48 Å². The molecule has 0 bridgehead atoms. The second-order valence-electron chi connectivity index (χ2n) is 4.20. The van der Waals surface area contributed by atoms with Gasteiger partial charge in [-0.25, -0.2) is 0 Å². The molecule has 0 unspecified atom stereocenters. The Morgan fingerprint density at radius 1 is 1.53 bits per heavy atom. The molecule has 19 heavy (non-hydrogen) atoms. The first-order chi connectivity index (χ1) is 9.06. The van der Waals surface area contributed by atoms with E-state index in [0.29, 0.717) is 28.6 Å². The highest BCUT2D eigenvalue weighted by molar-refractivity contribution is 7.80. The molecule has 2 aromatic rings. The second-order valence-corrected chi connectivity index (χ2v) is 5.12. The van der Waals surface area contributed by atoms with E-state index in [1.807, 2.05) is 13.1 Å². The maximum Gasteiger partial charge on any atom is 0.252 e. The van der Waals surface area contributed by atoms with Crippen molar-refractivity contribution in [3.8, 4) is 0 Å². The van der Waals surface area contributed by atoms with E-state index in [2.05, 4.69) is 23.0 Å². The van der Waals surface area contributed by atoms with E-state index in [9.17, 15) is 4.79 Å². The smallest absolute Gasteiger partial charge is 0.252 e. The average molecular weight is 296 g/mol. The zero-order valence-corrected chi connectivity index (χ0v) is 12.1. The van der Waals surface area contributed by atoms with E-state index in [1.165, 1.54) is 0 Å². The lowest BCUT2D eigenvalue weighted by Crippen LogP contribution is -2.27. The highest BCUT2D eigenvalue weighted by Crippen LogP contribution is 2.19. The van der Waals surface area contributed by atoms with E-state index >= 15 is 0 Å². The Kier molecular flexibility index (Phi) is 4.50. The summed E-state index contributed by atoms with van der Waals surface area (Å²) >= 11 is 10.2. The number of nitrogens with one attached hydrogen (secondary N) is 1. The van der Waals surface area contributed by atoms with Gasteiger partial charge >= 0.3 is 0 Å². The van der Waals surface area contributed by atoms with Crippen LogP contribution < -0.4 is 5.32 Å². The Bertz CT molecular complexity index is 597. The summed E-state index contributed by atoms with van der Waals surface area (Å²) in [5.74, 6) is -0.204. The van der Waals surface area contributed by atoms with Crippen molar-refractivity contribution in [1.82, 2.24) is 15.1 Å². The van der Waals surface area contributed by atoms with Crippen molar-refractivity contribution in [1.29, 1.82) is 0 Å². The van der Waals surface area contributed by atoms with Crippen LogP contribution in [0.15, 0.2) is 35.5 Å². The summed E-state index contributed by atoms with van der Waals surface area (Å²) in [6.45, 7) is 3.09. The van der Waals surface area contributed by atoms with Gasteiger partial charge in [-0.2, -0.15) is 5.10 Å². The Hall–Kier alpha value is -1.46. The maximum absolute atomic E-state index is 12.0. The summed E-state index contributed by atoms with van der Waals surface area (Å²) in [5.41, 5.74) is 1.53. The number of halogens is 1. The number of carbonyl (C=O) groups is 1. The maximum atomic E-state index is 12.0. The van der Waals surface area contributed by atoms with Crippen molar-refractivity contribution in [2.24, 2.45) is 0 Å². The van der Waals surface area contributed by atoms with Gasteiger partial charge in [0.05, 0.1) is 23.3 Å². The minimum Gasteiger partial charge on any atom is -0.350 e. The minimum atomic E-state index is -0.204. The van der Waals surface area contributed by atoms with Crippen LogP contribution >= 0.6 is 24.2 Å². The van der Waals surface area contributed by atoms with Crippen LogP contribution in [0.2, 0.25) is 5.02 Å². The largest absolute Gasteiger partial charge is 0.350 e. The van der Waals surface area contributed by atoms with Crippen LogP contribution in [0, 0.1) is 6.92 Å². The first kappa shape index (κ1) is 14.0. The third kappa shape index (κ3) is 3.75. The molecule has 1 heterocycles. The summed E-state index contributed by atoms with van der Waals surface area (Å²) in [5, 5.41) is 7.37. The number of hydrogen-bond donors (Lipinski definition) is 2. The minimum absolute atomic E-state index is 0.204. The van der Waals surface area contributed by atoms with Crippen molar-refractivity contribution >= 4 is 30.1 Å². The quantitative estimate of drug-likeness (QED) is 0.852. The van der Waals surface area contributed by atoms with E-state index < -0.39 is 0 Å². The third-order valence-corrected chi connectivity index (χ3v) is 3.19. The Balaban J connectivity index is 1.92. The topological polar surface area (TPSA) is 46.9 Å². The van der Waals surface area contributed by atoms with E-state index in [0.717, 1.165) is 5.56 Å². The number of amides is 1. The van der Waals surface area contributed by atoms with Crippen LogP contribution in [0.25, 0.3) is 0 Å². The van der Waals surface area contributed by atoms with Gasteiger partial charge in [-0.15, -0.1) is 12.6 Å². The number of aryl methyl sites for hydroxylation is 1. The Morgan fingerprint density at radius 3 is 3.00 bits per heavy atom. The van der Waals surface area contributed by atoms with E-state index in [1.54, 1.807) is 29.1 Å². The molecule has 6 heteroatoms. The number of benzene rings is 1. The Labute approximate surface area is 122 Å². The van der Waals surface area contributed by atoms with Crippen LogP contribution in [-0.4, -0.2) is 22.2 Å². The lowest BCUT2D eigenvalue weighted by molar-refractivity contribution is 0.0952. The summed E-state index contributed by atoms with van der Waals surface area (Å²) in [7, 11) is 0. The normalized spacial score (nSPS) is 10.5. The van der Waals surface area contributed by atoms with Gasteiger partial charge in [0.2, 0.25) is 0 Å². The number of aromatic nitrogens is 2. The molecule has 1 aromatic heterocycles. The summed E-state index contributed by atoms with van der Waals surface area (Å²) in [6.07, 6.45) is 3.70. The average Bonchev–Trinajstić information content (AvgIpc) is 2.78. The SMILES string of the molecule is Cc1cnn(CCNC(=O)c2cc(S)ccc2Cl)c1. The molecule has 1 aromatic carbocycles. The molecule has 0 aliphatic rings. The fraction of sp³-hybridized carbons (Fsp3) is 0.231. The van der Waals surface area contributed by atoms with Crippen molar-refractivity contribution in [2.45, 2.75) is 18.4 Å². The van der Waals surface area contributed by atoms with Crippen molar-refractivity contribution in [3.63, 3.8) is 0 Å². The number of hydrogen-bond acceptors (Lipinski definition) is 3. The highest BCUT2D eigenvalue weighted by atomic mass is 35.5. The standard InChI is InChI=1S/C13H14ClN3OS/c1-9-7-16-17(8-9)5-4-15-13(18)11-6-10(19)2-3-12(11)14/h2-3,6-8,19H,4-5H2,1H3,(H,15,18). The van der Waals surface area contributed by atoms with Crippen molar-refractivity contribution in [2.75, 3.05) is 6.54 Å². The van der Waals surface area contributed by atoms with Gasteiger partial charge < -0.3 is 5.32 Å². The Morgan fingerprint density at radius 2 is 2.32 bits per heavy atom. The first-order valence-electron chi connectivity index (χ1n) is 5.82. The summed E-state index contributed by atoms with van der Waals surface area (Å²) < 4.78 is 1.78. The molecule has 0 radical (unpaired) electrons. The van der Waals surface area contributed by atoms with Gasteiger partial charge in [0, 0.05) is 17.6 Å². The van der Waals surface area contributed by atoms with Crippen molar-refractivity contribution < 1.29 is 4.79 Å². The molecule has 1 amide bonds. The van der Waals surface area contributed by atoms with E-state index in [4.69, 9.17) is 11.6 Å². The van der Waals surface area contributed by atoms with Gasteiger partial charge in [-0.1, -0.05) is 11.6 Å². The van der Waals surface area contributed by atoms with Gasteiger partial charge in [0.15, 0.2) is 0 Å². The predicted octanol–water partition coefficient (Wildman–Crippen LogP) is 2.56. The highest BCUT2D eigenvalue weighted by Gasteiger charge is 2.10. The molecule has 1 N–H and O–H groups in total. The number of thiol groups is 1. The summed E-state index contributed by atoms with van der Waals surface area (Å²) in [4.78, 5) is 12.7. The number of nitrogens with zero attached hydrogens (tertiary/aromatic N) is 2. The molecule has 0 fully saturated rings. The monoisotopic (exact) mass is 295 g/mol. The molecule has 100 valence electrons. The molecular formula is C13H14ClN3OS. The zero-order chi connectivity index (χ0) is 13.8. The predicted molar refractivity (Wildman–Crippen MR) is 78.0 cm³/mol. The molecule has 0 aliphatic carbocycles. The number of rotatable bonds is 4. The van der Waals surface area contributed by atoms with Crippen LogP contribution in [0.5, 0.6) is 0 Å². The van der Waals surface area contributed by atoms with Crippen LogP contribution in [0.3, 0.4) is 0 Å². The fourth-order valence-electron chi connectivity index (χ4n) is 1.66. The van der Waals surface area contributed by atoms with Gasteiger partial charge in [-0.05, 0) is 30.7 Å². The van der Waals surface area contributed by atoms with E-state index in [-0.39, 0.29) is 5.91 Å². The molecule has 0 saturated carbocycles. The van der Waals surface area contributed by atoms with Crippen LogP contribution in [-0.2, 0) is 6.54 Å². The first-order valence-corrected chi connectivity index (χ1v) is 6.64. The zero-order valence-electron chi connectivity index (χ0n) is 10.4. The van der Waals surface area contributed by atoms with Gasteiger partial charge in [0.1, 0.15) is 0 Å². The number of carbonyl (C=O) groups excluding carboxylic acids is 1. The fourth-order valence-corrected chi connectivity index (χ4v) is 2.06. The lowest BCUT2D eigenvalue weighted by atomic mass is 10.2. The summed E-state index contributed by atoms with van der Waals surface area (Å²) in [6, 6.07) is 5.06. The lowest BCUT2D eigenvalue weighted by Gasteiger charge is -2.07. The molecular weight excluding hydrogens is 282 g/mol. The third-order valence-electron chi connectivity index (χ3n) is 2.58. The molecule has 0 spiro atoms. The second kappa shape index (κ2) is 6.12.